The van der Waals surface area contributed by atoms with E-state index in [4.69, 9.17) is 9.47 Å². The maximum absolute atomic E-state index is 13.4. The number of thioether (sulfide) groups is 1. The number of benzene rings is 2. The summed E-state index contributed by atoms with van der Waals surface area (Å²) in [7, 11) is 1.29. The monoisotopic (exact) mass is 779 g/mol. The van der Waals surface area contributed by atoms with Crippen LogP contribution in [0.15, 0.2) is 67.3 Å². The van der Waals surface area contributed by atoms with Crippen molar-refractivity contribution in [2.75, 3.05) is 39.2 Å². The van der Waals surface area contributed by atoms with E-state index in [-0.39, 0.29) is 22.7 Å². The Labute approximate surface area is 333 Å². The number of carbonyl (C=O) groups excluding carboxylic acids is 3. The highest BCUT2D eigenvalue weighted by Crippen LogP contribution is 2.44. The molecule has 1 spiro atoms. The number of nitrogens with zero attached hydrogens (tertiary/aromatic N) is 4. The van der Waals surface area contributed by atoms with Crippen molar-refractivity contribution in [3.05, 3.63) is 84.2 Å². The zero-order valence-corrected chi connectivity index (χ0v) is 33.8. The molecule has 0 bridgehead atoms. The highest BCUT2D eigenvalue weighted by Gasteiger charge is 2.45. The summed E-state index contributed by atoms with van der Waals surface area (Å²) < 4.78 is 10.1. The van der Waals surface area contributed by atoms with Gasteiger partial charge in [0.05, 0.1) is 48.1 Å². The fourth-order valence-corrected chi connectivity index (χ4v) is 8.85. The molecule has 56 heavy (non-hydrogen) atoms. The standard InChI is InChI=1S/C31H32N6O3.C12H21NO2S/c1-20(2)28(36-31(39)40-3)30(38)37-16-4-5-27(37)29-33-18-26(35-29)24-14-10-22(11-15-24)7-6-21-8-12-23(13-9-21)25-17-32-19-34-25;1-10(2)9-11(14)13-5-8-16-12(13)3-6-15-7-4-12/h8-15,17-20,27-28H,4-5,16H2,1-3H3,(H,32,34)(H,33,35)(H,36,39);10H,3-9H2,1-2H3. The largest absolute Gasteiger partial charge is 0.453 e. The summed E-state index contributed by atoms with van der Waals surface area (Å²) in [4.78, 5) is 56.6. The van der Waals surface area contributed by atoms with Crippen molar-refractivity contribution in [3.63, 3.8) is 0 Å². The normalized spacial score (nSPS) is 17.9. The third-order valence-electron chi connectivity index (χ3n) is 10.4. The number of carbonyl (C=O) groups is 3. The first kappa shape index (κ1) is 40.6. The molecule has 2 aromatic heterocycles. The zero-order chi connectivity index (χ0) is 39.7. The molecule has 3 aliphatic rings. The quantitative estimate of drug-likeness (QED) is 0.162. The van der Waals surface area contributed by atoms with Gasteiger partial charge in [-0.2, -0.15) is 0 Å². The fourth-order valence-electron chi connectivity index (χ4n) is 7.39. The Morgan fingerprint density at radius 3 is 2.21 bits per heavy atom. The van der Waals surface area contributed by atoms with Crippen molar-refractivity contribution < 1.29 is 23.9 Å². The number of aromatic nitrogens is 4. The summed E-state index contributed by atoms with van der Waals surface area (Å²) in [6.45, 7) is 11.2. The predicted molar refractivity (Wildman–Crippen MR) is 218 cm³/mol. The summed E-state index contributed by atoms with van der Waals surface area (Å²) in [6, 6.07) is 15.2. The van der Waals surface area contributed by atoms with Crippen LogP contribution in [0.5, 0.6) is 0 Å². The van der Waals surface area contributed by atoms with Crippen LogP contribution in [-0.2, 0) is 19.1 Å². The Morgan fingerprint density at radius 2 is 1.62 bits per heavy atom. The van der Waals surface area contributed by atoms with Gasteiger partial charge in [-0.1, -0.05) is 63.8 Å². The van der Waals surface area contributed by atoms with Crippen LogP contribution in [-0.4, -0.2) is 97.7 Å². The van der Waals surface area contributed by atoms with Gasteiger partial charge in [0.2, 0.25) is 11.8 Å². The molecule has 0 saturated carbocycles. The lowest BCUT2D eigenvalue weighted by atomic mass is 10.0. The van der Waals surface area contributed by atoms with Gasteiger partial charge in [0.15, 0.2) is 0 Å². The van der Waals surface area contributed by atoms with E-state index in [2.05, 4.69) is 55.8 Å². The Balaban J connectivity index is 0.000000277. The highest BCUT2D eigenvalue weighted by atomic mass is 32.2. The third-order valence-corrected chi connectivity index (χ3v) is 12.0. The first-order valence-corrected chi connectivity index (χ1v) is 20.5. The molecule has 7 rings (SSSR count). The van der Waals surface area contributed by atoms with E-state index in [9.17, 15) is 14.4 Å². The number of methoxy groups -OCH3 is 1. The van der Waals surface area contributed by atoms with Gasteiger partial charge in [0, 0.05) is 62.4 Å². The molecule has 296 valence electrons. The number of alkyl carbamates (subject to hydrolysis) is 1. The second kappa shape index (κ2) is 18.7. The lowest BCUT2D eigenvalue weighted by molar-refractivity contribution is -0.137. The number of H-pyrrole nitrogens is 2. The van der Waals surface area contributed by atoms with E-state index in [0.717, 1.165) is 90.7 Å². The molecule has 3 fully saturated rings. The molecule has 3 N–H and O–H groups in total. The first-order chi connectivity index (χ1) is 27.1. The molecule has 3 aliphatic heterocycles. The molecule has 2 aromatic carbocycles. The Kier molecular flexibility index (Phi) is 13.6. The van der Waals surface area contributed by atoms with E-state index >= 15 is 0 Å². The van der Waals surface area contributed by atoms with Crippen LogP contribution in [0.3, 0.4) is 0 Å². The molecular weight excluding hydrogens is 727 g/mol. The number of amides is 3. The Hall–Kier alpha value is -5.06. The van der Waals surface area contributed by atoms with Crippen molar-refractivity contribution in [1.82, 2.24) is 35.1 Å². The summed E-state index contributed by atoms with van der Waals surface area (Å²) in [5, 5.41) is 2.68. The maximum Gasteiger partial charge on any atom is 0.407 e. The smallest absolute Gasteiger partial charge is 0.407 e. The molecule has 2 unspecified atom stereocenters. The first-order valence-electron chi connectivity index (χ1n) is 19.5. The number of nitrogens with one attached hydrogen (secondary N) is 3. The minimum atomic E-state index is -0.662. The van der Waals surface area contributed by atoms with Gasteiger partial charge in [0.1, 0.15) is 11.9 Å². The van der Waals surface area contributed by atoms with E-state index in [1.54, 1.807) is 18.7 Å². The topological polar surface area (TPSA) is 146 Å². The molecule has 0 aliphatic carbocycles. The van der Waals surface area contributed by atoms with Gasteiger partial charge in [-0.15, -0.1) is 11.8 Å². The lowest BCUT2D eigenvalue weighted by Gasteiger charge is -2.40. The third kappa shape index (κ3) is 9.84. The van der Waals surface area contributed by atoms with Gasteiger partial charge in [-0.05, 0) is 60.1 Å². The maximum atomic E-state index is 13.4. The van der Waals surface area contributed by atoms with E-state index in [1.807, 2.05) is 79.0 Å². The summed E-state index contributed by atoms with van der Waals surface area (Å²) in [5.74, 6) is 8.84. The van der Waals surface area contributed by atoms with Crippen LogP contribution in [0, 0.1) is 23.7 Å². The Bertz CT molecular complexity index is 1980. The average molecular weight is 780 g/mol. The zero-order valence-electron chi connectivity index (χ0n) is 33.0. The fraction of sp³-hybridized carbons (Fsp3) is 0.465. The van der Waals surface area contributed by atoms with E-state index < -0.39 is 12.1 Å². The van der Waals surface area contributed by atoms with Crippen molar-refractivity contribution in [2.45, 2.75) is 76.8 Å². The highest BCUT2D eigenvalue weighted by molar-refractivity contribution is 8.00. The molecule has 0 radical (unpaired) electrons. The van der Waals surface area contributed by atoms with Crippen molar-refractivity contribution in [3.8, 4) is 34.4 Å². The summed E-state index contributed by atoms with van der Waals surface area (Å²) in [5.41, 5.74) is 5.73. The number of likely N-dealkylation sites (tertiary alicyclic amines) is 1. The SMILES string of the molecule is CC(C)CC(=O)N1CCSC12CCOCC2.COC(=O)NC(C(=O)N1CCCC1c1ncc(-c2ccc(C#Cc3ccc(-c4cnc[nH]4)cc3)cc2)[nH]1)C(C)C. The van der Waals surface area contributed by atoms with Crippen LogP contribution in [0.1, 0.15) is 82.8 Å². The molecule has 12 nitrogen and oxygen atoms in total. The molecule has 13 heteroatoms. The van der Waals surface area contributed by atoms with Crippen LogP contribution in [0.25, 0.3) is 22.5 Å². The molecular formula is C43H53N7O5S. The van der Waals surface area contributed by atoms with E-state index in [1.165, 1.54) is 7.11 Å². The predicted octanol–water partition coefficient (Wildman–Crippen LogP) is 7.03. The average Bonchev–Trinajstić information content (AvgIpc) is 4.04. The van der Waals surface area contributed by atoms with Gasteiger partial charge in [-0.3, -0.25) is 9.59 Å². The summed E-state index contributed by atoms with van der Waals surface area (Å²) in [6.07, 6.45) is 9.00. The van der Waals surface area contributed by atoms with Crippen molar-refractivity contribution in [2.24, 2.45) is 11.8 Å². The van der Waals surface area contributed by atoms with Gasteiger partial charge in [-0.25, -0.2) is 14.8 Å². The minimum absolute atomic E-state index is 0.0736. The van der Waals surface area contributed by atoms with Crippen LogP contribution in [0.2, 0.25) is 0 Å². The minimum Gasteiger partial charge on any atom is -0.453 e. The number of hydrogen-bond acceptors (Lipinski definition) is 8. The van der Waals surface area contributed by atoms with Gasteiger partial charge >= 0.3 is 6.09 Å². The molecule has 4 aromatic rings. The van der Waals surface area contributed by atoms with E-state index in [0.29, 0.717) is 24.8 Å². The lowest BCUT2D eigenvalue weighted by Crippen LogP contribution is -2.51. The van der Waals surface area contributed by atoms with Gasteiger partial charge in [0.25, 0.3) is 0 Å². The number of ether oxygens (including phenoxy) is 2. The van der Waals surface area contributed by atoms with Crippen LogP contribution in [0.4, 0.5) is 4.79 Å². The molecule has 5 heterocycles. The Morgan fingerprint density at radius 1 is 0.964 bits per heavy atom. The number of rotatable bonds is 8. The molecule has 3 amide bonds. The molecule has 2 atom stereocenters. The number of hydrogen-bond donors (Lipinski definition) is 3. The summed E-state index contributed by atoms with van der Waals surface area (Å²) >= 11 is 1.95. The van der Waals surface area contributed by atoms with Crippen LogP contribution >= 0.6 is 11.8 Å². The van der Waals surface area contributed by atoms with Crippen molar-refractivity contribution >= 4 is 29.7 Å². The number of aromatic amines is 2. The second-order valence-corrected chi connectivity index (χ2v) is 16.6. The van der Waals surface area contributed by atoms with Crippen molar-refractivity contribution in [1.29, 1.82) is 0 Å². The van der Waals surface area contributed by atoms with Gasteiger partial charge < -0.3 is 34.6 Å². The van der Waals surface area contributed by atoms with Crippen LogP contribution < -0.4 is 5.32 Å². The molecule has 3 saturated heterocycles. The second-order valence-electron chi connectivity index (χ2n) is 15.1. The number of imidazole rings is 2.